The number of halogens is 1. The Bertz CT molecular complexity index is 652. The number of aliphatic hydroxyl groups is 1. The van der Waals surface area contributed by atoms with Crippen LogP contribution in [0.2, 0.25) is 5.02 Å². The van der Waals surface area contributed by atoms with Crippen LogP contribution in [0.4, 0.5) is 0 Å². The minimum absolute atomic E-state index is 0.0885. The molecule has 0 radical (unpaired) electrons. The van der Waals surface area contributed by atoms with Crippen molar-refractivity contribution in [1.29, 1.82) is 5.26 Å². The molecule has 1 aliphatic rings. The minimum Gasteiger partial charge on any atom is -0.392 e. The summed E-state index contributed by atoms with van der Waals surface area (Å²) in [6.07, 6.45) is -0.189. The number of hydrogen-bond donors (Lipinski definition) is 1. The van der Waals surface area contributed by atoms with E-state index in [0.29, 0.717) is 18.5 Å². The van der Waals surface area contributed by atoms with Crippen molar-refractivity contribution in [2.75, 3.05) is 13.1 Å². The monoisotopic (exact) mass is 300 g/mol. The molecule has 2 rings (SSSR count). The molecule has 0 aromatic heterocycles. The lowest BCUT2D eigenvalue weighted by molar-refractivity contribution is 0.189. The lowest BCUT2D eigenvalue weighted by atomic mass is 10.1. The van der Waals surface area contributed by atoms with Crippen molar-refractivity contribution in [3.05, 3.63) is 28.3 Å². The summed E-state index contributed by atoms with van der Waals surface area (Å²) in [6.45, 7) is 1.96. The highest BCUT2D eigenvalue weighted by Gasteiger charge is 2.33. The van der Waals surface area contributed by atoms with Gasteiger partial charge in [-0.3, -0.25) is 0 Å². The fourth-order valence-corrected chi connectivity index (χ4v) is 4.09. The maximum atomic E-state index is 12.4. The maximum Gasteiger partial charge on any atom is 0.243 e. The van der Waals surface area contributed by atoms with Crippen molar-refractivity contribution in [2.45, 2.75) is 24.3 Å². The zero-order valence-electron chi connectivity index (χ0n) is 10.3. The van der Waals surface area contributed by atoms with Crippen LogP contribution in [0.5, 0.6) is 0 Å². The molecule has 1 saturated heterocycles. The highest BCUT2D eigenvalue weighted by molar-refractivity contribution is 7.89. The third kappa shape index (κ3) is 2.47. The number of aliphatic hydroxyl groups excluding tert-OH is 1. The summed E-state index contributed by atoms with van der Waals surface area (Å²) in [4.78, 5) is 0.0885. The molecule has 1 aromatic carbocycles. The fraction of sp³-hybridized carbons (Fsp3) is 0.417. The van der Waals surface area contributed by atoms with Crippen LogP contribution in [0, 0.1) is 18.3 Å². The summed E-state index contributed by atoms with van der Waals surface area (Å²) in [7, 11) is -3.67. The highest BCUT2D eigenvalue weighted by Crippen LogP contribution is 2.29. The predicted molar refractivity (Wildman–Crippen MR) is 70.3 cm³/mol. The van der Waals surface area contributed by atoms with Crippen LogP contribution in [0.15, 0.2) is 17.0 Å². The predicted octanol–water partition coefficient (Wildman–Crippen LogP) is 1.28. The van der Waals surface area contributed by atoms with E-state index >= 15 is 0 Å². The normalized spacial score (nSPS) is 20.4. The van der Waals surface area contributed by atoms with Gasteiger partial charge < -0.3 is 5.11 Å². The van der Waals surface area contributed by atoms with Gasteiger partial charge in [-0.25, -0.2) is 8.42 Å². The van der Waals surface area contributed by atoms with E-state index in [1.54, 1.807) is 6.92 Å². The van der Waals surface area contributed by atoms with Crippen molar-refractivity contribution in [3.63, 3.8) is 0 Å². The SMILES string of the molecule is Cc1c(S(=O)(=O)N2CC[C@@H](O)C2)ccc(C#N)c1Cl. The van der Waals surface area contributed by atoms with Crippen LogP contribution in [0.1, 0.15) is 17.5 Å². The lowest BCUT2D eigenvalue weighted by Gasteiger charge is -2.18. The van der Waals surface area contributed by atoms with Gasteiger partial charge >= 0.3 is 0 Å². The van der Waals surface area contributed by atoms with Gasteiger partial charge in [0.05, 0.1) is 21.6 Å². The average Bonchev–Trinajstić information content (AvgIpc) is 2.79. The Morgan fingerprint density at radius 1 is 1.53 bits per heavy atom. The van der Waals surface area contributed by atoms with Gasteiger partial charge in [-0.1, -0.05) is 11.6 Å². The zero-order chi connectivity index (χ0) is 14.2. The number of hydrogen-bond acceptors (Lipinski definition) is 4. The fourth-order valence-electron chi connectivity index (χ4n) is 2.10. The van der Waals surface area contributed by atoms with Gasteiger partial charge in [0.2, 0.25) is 10.0 Å². The Hall–Kier alpha value is -1.13. The molecule has 7 heteroatoms. The standard InChI is InChI=1S/C12H13ClN2O3S/c1-8-11(3-2-9(6-14)12(8)13)19(17,18)15-5-4-10(16)7-15/h2-3,10,16H,4-5,7H2,1H3/t10-/m1/s1. The molecule has 1 fully saturated rings. The Kier molecular flexibility index (Phi) is 3.83. The maximum absolute atomic E-state index is 12.4. The molecule has 1 atom stereocenters. The van der Waals surface area contributed by atoms with Crippen LogP contribution in [-0.4, -0.2) is 37.0 Å². The molecule has 0 amide bonds. The molecule has 1 aromatic rings. The molecule has 1 aliphatic heterocycles. The second kappa shape index (κ2) is 5.10. The first-order valence-corrected chi connectivity index (χ1v) is 7.57. The summed E-state index contributed by atoms with van der Waals surface area (Å²) in [5, 5.41) is 18.5. The second-order valence-electron chi connectivity index (χ2n) is 4.47. The lowest BCUT2D eigenvalue weighted by Crippen LogP contribution is -2.30. The van der Waals surface area contributed by atoms with Crippen molar-refractivity contribution in [1.82, 2.24) is 4.31 Å². The van der Waals surface area contributed by atoms with Crippen LogP contribution in [0.3, 0.4) is 0 Å². The molecule has 0 aliphatic carbocycles. The first kappa shape index (κ1) is 14.3. The van der Waals surface area contributed by atoms with E-state index < -0.39 is 16.1 Å². The molecule has 0 saturated carbocycles. The first-order chi connectivity index (χ1) is 8.87. The van der Waals surface area contributed by atoms with E-state index in [1.165, 1.54) is 16.4 Å². The van der Waals surface area contributed by atoms with E-state index in [1.807, 2.05) is 6.07 Å². The molecule has 1 heterocycles. The summed E-state index contributed by atoms with van der Waals surface area (Å²) >= 11 is 5.99. The second-order valence-corrected chi connectivity index (χ2v) is 6.75. The number of β-amino-alcohol motifs (C(OH)–C–C–N with tert-alkyl or cyclic N) is 1. The van der Waals surface area contributed by atoms with Crippen LogP contribution >= 0.6 is 11.6 Å². The first-order valence-electron chi connectivity index (χ1n) is 5.75. The van der Waals surface area contributed by atoms with Crippen molar-refractivity contribution in [3.8, 4) is 6.07 Å². The summed E-state index contributed by atoms with van der Waals surface area (Å²) in [5.41, 5.74) is 0.613. The molecule has 0 bridgehead atoms. The van der Waals surface area contributed by atoms with Gasteiger partial charge in [-0.05, 0) is 31.0 Å². The zero-order valence-corrected chi connectivity index (χ0v) is 11.9. The molecule has 0 unspecified atom stereocenters. The molecule has 19 heavy (non-hydrogen) atoms. The van der Waals surface area contributed by atoms with Crippen molar-refractivity contribution in [2.24, 2.45) is 0 Å². The number of rotatable bonds is 2. The summed E-state index contributed by atoms with van der Waals surface area (Å²) < 4.78 is 26.1. The van der Waals surface area contributed by atoms with Gasteiger partial charge in [0.15, 0.2) is 0 Å². The van der Waals surface area contributed by atoms with E-state index in [0.717, 1.165) is 0 Å². The van der Waals surface area contributed by atoms with Crippen molar-refractivity contribution < 1.29 is 13.5 Å². The molecule has 0 spiro atoms. The van der Waals surface area contributed by atoms with Crippen LogP contribution in [0.25, 0.3) is 0 Å². The third-order valence-electron chi connectivity index (χ3n) is 3.20. The molecule has 102 valence electrons. The third-order valence-corrected chi connectivity index (χ3v) is 5.70. The number of nitrogens with zero attached hydrogens (tertiary/aromatic N) is 2. The Balaban J connectivity index is 2.48. The van der Waals surface area contributed by atoms with E-state index in [9.17, 15) is 13.5 Å². The van der Waals surface area contributed by atoms with Gasteiger partial charge in [0, 0.05) is 13.1 Å². The number of sulfonamides is 1. The van der Waals surface area contributed by atoms with E-state index in [4.69, 9.17) is 16.9 Å². The van der Waals surface area contributed by atoms with Crippen LogP contribution < -0.4 is 0 Å². The van der Waals surface area contributed by atoms with Gasteiger partial charge in [-0.15, -0.1) is 0 Å². The molecular weight excluding hydrogens is 288 g/mol. The van der Waals surface area contributed by atoms with Gasteiger partial charge in [0.25, 0.3) is 0 Å². The Morgan fingerprint density at radius 3 is 2.74 bits per heavy atom. The van der Waals surface area contributed by atoms with Crippen LogP contribution in [-0.2, 0) is 10.0 Å². The quantitative estimate of drug-likeness (QED) is 0.892. The van der Waals surface area contributed by atoms with Gasteiger partial charge in [-0.2, -0.15) is 9.57 Å². The number of nitriles is 1. The molecule has 5 nitrogen and oxygen atoms in total. The topological polar surface area (TPSA) is 81.4 Å². The summed E-state index contributed by atoms with van der Waals surface area (Å²) in [6, 6.07) is 4.70. The molecular formula is C12H13ClN2O3S. The Labute approximate surface area is 117 Å². The van der Waals surface area contributed by atoms with E-state index in [-0.39, 0.29) is 22.0 Å². The minimum atomic E-state index is -3.67. The largest absolute Gasteiger partial charge is 0.392 e. The number of benzene rings is 1. The van der Waals surface area contributed by atoms with E-state index in [2.05, 4.69) is 0 Å². The molecule has 1 N–H and O–H groups in total. The average molecular weight is 301 g/mol. The van der Waals surface area contributed by atoms with Gasteiger partial charge in [0.1, 0.15) is 6.07 Å². The highest BCUT2D eigenvalue weighted by atomic mass is 35.5. The smallest absolute Gasteiger partial charge is 0.243 e. The summed E-state index contributed by atoms with van der Waals surface area (Å²) in [5.74, 6) is 0. The Morgan fingerprint density at radius 2 is 2.21 bits per heavy atom. The van der Waals surface area contributed by atoms with Crippen molar-refractivity contribution >= 4 is 21.6 Å².